The number of nitrogens with two attached hydrogens (primary N) is 1. The van der Waals surface area contributed by atoms with Crippen molar-refractivity contribution in [2.24, 2.45) is 5.73 Å². The second-order valence-electron chi connectivity index (χ2n) is 5.06. The summed E-state index contributed by atoms with van der Waals surface area (Å²) >= 11 is 1.89. The van der Waals surface area contributed by atoms with Gasteiger partial charge in [0.25, 0.3) is 0 Å². The summed E-state index contributed by atoms with van der Waals surface area (Å²) < 4.78 is 0. The SMILES string of the molecule is CC1c2ccsc2CCN1Cc1ccnc(CN)c1. The van der Waals surface area contributed by atoms with E-state index < -0.39 is 0 Å². The third kappa shape index (κ3) is 2.56. The van der Waals surface area contributed by atoms with E-state index in [1.165, 1.54) is 17.5 Å². The highest BCUT2D eigenvalue weighted by atomic mass is 32.1. The average molecular weight is 273 g/mol. The van der Waals surface area contributed by atoms with Gasteiger partial charge in [0.1, 0.15) is 0 Å². The molecule has 1 aliphatic rings. The summed E-state index contributed by atoms with van der Waals surface area (Å²) in [6.45, 7) is 4.93. The quantitative estimate of drug-likeness (QED) is 0.935. The fourth-order valence-electron chi connectivity index (χ4n) is 2.75. The molecule has 1 unspecified atom stereocenters. The molecule has 0 fully saturated rings. The maximum atomic E-state index is 5.65. The van der Waals surface area contributed by atoms with E-state index in [1.807, 2.05) is 17.5 Å². The summed E-state index contributed by atoms with van der Waals surface area (Å²) in [5.41, 5.74) is 9.43. The van der Waals surface area contributed by atoms with Crippen LogP contribution in [0.3, 0.4) is 0 Å². The van der Waals surface area contributed by atoms with E-state index in [9.17, 15) is 0 Å². The highest BCUT2D eigenvalue weighted by Gasteiger charge is 2.24. The lowest BCUT2D eigenvalue weighted by atomic mass is 10.0. The van der Waals surface area contributed by atoms with E-state index in [1.54, 1.807) is 4.88 Å². The predicted molar refractivity (Wildman–Crippen MR) is 79.0 cm³/mol. The summed E-state index contributed by atoms with van der Waals surface area (Å²) in [6.07, 6.45) is 3.04. The molecule has 4 heteroatoms. The third-order valence-corrected chi connectivity index (χ3v) is 4.88. The molecule has 0 saturated carbocycles. The molecular formula is C15H19N3S. The zero-order chi connectivity index (χ0) is 13.2. The van der Waals surface area contributed by atoms with Crippen molar-refractivity contribution >= 4 is 11.3 Å². The Labute approximate surface area is 118 Å². The number of fused-ring (bicyclic) bond motifs is 1. The number of aromatic nitrogens is 1. The molecule has 0 amide bonds. The first-order chi connectivity index (χ1) is 9.28. The monoisotopic (exact) mass is 273 g/mol. The molecule has 3 rings (SSSR count). The van der Waals surface area contributed by atoms with E-state index >= 15 is 0 Å². The van der Waals surface area contributed by atoms with Crippen molar-refractivity contribution in [3.8, 4) is 0 Å². The Bertz CT molecular complexity index is 564. The molecule has 2 aromatic rings. The molecule has 0 aliphatic carbocycles. The summed E-state index contributed by atoms with van der Waals surface area (Å²) in [6, 6.07) is 6.99. The van der Waals surface area contributed by atoms with Crippen molar-refractivity contribution in [1.29, 1.82) is 0 Å². The minimum atomic E-state index is 0.504. The molecule has 1 aliphatic heterocycles. The van der Waals surface area contributed by atoms with Gasteiger partial charge in [0, 0.05) is 36.8 Å². The van der Waals surface area contributed by atoms with Crippen molar-refractivity contribution < 1.29 is 0 Å². The van der Waals surface area contributed by atoms with Gasteiger partial charge in [0.15, 0.2) is 0 Å². The third-order valence-electron chi connectivity index (χ3n) is 3.88. The van der Waals surface area contributed by atoms with Crippen LogP contribution in [-0.2, 0) is 19.5 Å². The van der Waals surface area contributed by atoms with Gasteiger partial charge in [0.05, 0.1) is 5.69 Å². The van der Waals surface area contributed by atoms with Gasteiger partial charge < -0.3 is 5.73 Å². The van der Waals surface area contributed by atoms with Crippen molar-refractivity contribution in [3.63, 3.8) is 0 Å². The Morgan fingerprint density at radius 1 is 1.47 bits per heavy atom. The Morgan fingerprint density at radius 3 is 3.21 bits per heavy atom. The van der Waals surface area contributed by atoms with Crippen LogP contribution in [0.2, 0.25) is 0 Å². The lowest BCUT2D eigenvalue weighted by Crippen LogP contribution is -2.32. The van der Waals surface area contributed by atoms with Gasteiger partial charge in [-0.2, -0.15) is 0 Å². The highest BCUT2D eigenvalue weighted by Crippen LogP contribution is 2.33. The van der Waals surface area contributed by atoms with E-state index in [0.29, 0.717) is 12.6 Å². The van der Waals surface area contributed by atoms with E-state index in [-0.39, 0.29) is 0 Å². The zero-order valence-electron chi connectivity index (χ0n) is 11.2. The van der Waals surface area contributed by atoms with Gasteiger partial charge in [-0.3, -0.25) is 9.88 Å². The first-order valence-corrected chi connectivity index (χ1v) is 7.60. The fourth-order valence-corrected chi connectivity index (χ4v) is 3.71. The first kappa shape index (κ1) is 12.8. The highest BCUT2D eigenvalue weighted by molar-refractivity contribution is 7.10. The van der Waals surface area contributed by atoms with Gasteiger partial charge in [0.2, 0.25) is 0 Å². The van der Waals surface area contributed by atoms with E-state index in [0.717, 1.165) is 18.8 Å². The van der Waals surface area contributed by atoms with Crippen LogP contribution in [0.5, 0.6) is 0 Å². The maximum absolute atomic E-state index is 5.65. The standard InChI is InChI=1S/C15H19N3S/c1-11-14-4-7-19-15(14)3-6-18(11)10-12-2-5-17-13(8-12)9-16/h2,4-5,7-8,11H,3,6,9-10,16H2,1H3. The maximum Gasteiger partial charge on any atom is 0.0542 e. The normalized spacial score (nSPS) is 19.4. The number of rotatable bonds is 3. The molecule has 0 aromatic carbocycles. The second-order valence-corrected chi connectivity index (χ2v) is 6.06. The van der Waals surface area contributed by atoms with Crippen molar-refractivity contribution in [1.82, 2.24) is 9.88 Å². The minimum Gasteiger partial charge on any atom is -0.325 e. The predicted octanol–water partition coefficient (Wildman–Crippen LogP) is 2.72. The molecule has 19 heavy (non-hydrogen) atoms. The number of pyridine rings is 1. The topological polar surface area (TPSA) is 42.2 Å². The second kappa shape index (κ2) is 5.41. The van der Waals surface area contributed by atoms with E-state index in [2.05, 4.69) is 40.4 Å². The van der Waals surface area contributed by atoms with Crippen molar-refractivity contribution in [3.05, 3.63) is 51.5 Å². The molecule has 0 saturated heterocycles. The molecule has 100 valence electrons. The first-order valence-electron chi connectivity index (χ1n) is 6.72. The van der Waals surface area contributed by atoms with Gasteiger partial charge in [-0.05, 0) is 48.1 Å². The lowest BCUT2D eigenvalue weighted by Gasteiger charge is -2.33. The van der Waals surface area contributed by atoms with Gasteiger partial charge in [-0.15, -0.1) is 11.3 Å². The minimum absolute atomic E-state index is 0.504. The smallest absolute Gasteiger partial charge is 0.0542 e. The van der Waals surface area contributed by atoms with Crippen molar-refractivity contribution in [2.45, 2.75) is 32.5 Å². The van der Waals surface area contributed by atoms with Crippen LogP contribution in [0.4, 0.5) is 0 Å². The fraction of sp³-hybridized carbons (Fsp3) is 0.400. The Kier molecular flexibility index (Phi) is 3.64. The molecule has 0 bridgehead atoms. The summed E-state index contributed by atoms with van der Waals surface area (Å²) in [4.78, 5) is 8.34. The van der Waals surface area contributed by atoms with Crippen LogP contribution in [0.15, 0.2) is 29.8 Å². The largest absolute Gasteiger partial charge is 0.325 e. The molecule has 3 nitrogen and oxygen atoms in total. The molecule has 2 aromatic heterocycles. The summed E-state index contributed by atoms with van der Waals surface area (Å²) in [5.74, 6) is 0. The Balaban J connectivity index is 1.77. The Hall–Kier alpha value is -1.23. The number of hydrogen-bond donors (Lipinski definition) is 1. The van der Waals surface area contributed by atoms with Crippen molar-refractivity contribution in [2.75, 3.05) is 6.54 Å². The number of nitrogens with zero attached hydrogens (tertiary/aromatic N) is 2. The van der Waals surface area contributed by atoms with Crippen LogP contribution in [-0.4, -0.2) is 16.4 Å². The summed E-state index contributed by atoms with van der Waals surface area (Å²) in [5, 5.41) is 2.21. The average Bonchev–Trinajstić information content (AvgIpc) is 2.91. The molecule has 0 spiro atoms. The molecule has 1 atom stereocenters. The van der Waals surface area contributed by atoms with Crippen LogP contribution in [0, 0.1) is 0 Å². The molecule has 3 heterocycles. The zero-order valence-corrected chi connectivity index (χ0v) is 12.0. The van der Waals surface area contributed by atoms with Crippen LogP contribution >= 0.6 is 11.3 Å². The van der Waals surface area contributed by atoms with Gasteiger partial charge >= 0.3 is 0 Å². The lowest BCUT2D eigenvalue weighted by molar-refractivity contribution is 0.191. The number of thiophene rings is 1. The van der Waals surface area contributed by atoms with Crippen LogP contribution < -0.4 is 5.73 Å². The van der Waals surface area contributed by atoms with Crippen LogP contribution in [0.25, 0.3) is 0 Å². The molecule has 0 radical (unpaired) electrons. The molecule has 2 N–H and O–H groups in total. The van der Waals surface area contributed by atoms with Gasteiger partial charge in [-0.25, -0.2) is 0 Å². The van der Waals surface area contributed by atoms with Crippen LogP contribution in [0.1, 0.15) is 34.7 Å². The number of hydrogen-bond acceptors (Lipinski definition) is 4. The Morgan fingerprint density at radius 2 is 2.37 bits per heavy atom. The van der Waals surface area contributed by atoms with E-state index in [4.69, 9.17) is 5.73 Å². The summed E-state index contributed by atoms with van der Waals surface area (Å²) in [7, 11) is 0. The van der Waals surface area contributed by atoms with Gasteiger partial charge in [-0.1, -0.05) is 0 Å². The molecular weight excluding hydrogens is 254 g/mol.